The summed E-state index contributed by atoms with van der Waals surface area (Å²) in [5.74, 6) is -0.397. The molecule has 1 aromatic heterocycles. The molecular formula is C23H30N4O3. The van der Waals surface area contributed by atoms with Gasteiger partial charge in [0.1, 0.15) is 0 Å². The van der Waals surface area contributed by atoms with Crippen LogP contribution in [0.25, 0.3) is 5.69 Å². The maximum atomic E-state index is 12.7. The highest BCUT2D eigenvalue weighted by Gasteiger charge is 2.36. The first kappa shape index (κ1) is 20.6. The van der Waals surface area contributed by atoms with Crippen LogP contribution >= 0.6 is 0 Å². The zero-order valence-electron chi connectivity index (χ0n) is 17.9. The maximum Gasteiger partial charge on any atom is 0.250 e. The SMILES string of the molecule is Cc1nn(-c2ccc(C(N)=O)c(N[C@H]3CCCC[C@@H]3O)c2)c2c1C(=O)CC(C)(C)C2. The van der Waals surface area contributed by atoms with E-state index in [9.17, 15) is 14.7 Å². The quantitative estimate of drug-likeness (QED) is 0.717. The Morgan fingerprint density at radius 3 is 2.70 bits per heavy atom. The van der Waals surface area contributed by atoms with E-state index in [-0.39, 0.29) is 17.2 Å². The summed E-state index contributed by atoms with van der Waals surface area (Å²) < 4.78 is 1.82. The maximum absolute atomic E-state index is 12.7. The number of nitrogens with one attached hydrogen (secondary N) is 1. The molecule has 1 amide bonds. The largest absolute Gasteiger partial charge is 0.391 e. The van der Waals surface area contributed by atoms with Crippen LogP contribution in [0.3, 0.4) is 0 Å². The minimum atomic E-state index is -0.524. The lowest BCUT2D eigenvalue weighted by molar-refractivity contribution is 0.0909. The van der Waals surface area contributed by atoms with Gasteiger partial charge in [0.25, 0.3) is 5.91 Å². The number of aryl methyl sites for hydroxylation is 1. The van der Waals surface area contributed by atoms with Crippen LogP contribution in [-0.2, 0) is 6.42 Å². The molecule has 2 atom stereocenters. The number of ketones is 1. The Kier molecular flexibility index (Phi) is 5.18. The predicted molar refractivity (Wildman–Crippen MR) is 115 cm³/mol. The monoisotopic (exact) mass is 410 g/mol. The van der Waals surface area contributed by atoms with Crippen molar-refractivity contribution in [1.29, 1.82) is 0 Å². The molecule has 2 aliphatic rings. The van der Waals surface area contributed by atoms with Gasteiger partial charge in [-0.25, -0.2) is 4.68 Å². The van der Waals surface area contributed by atoms with Gasteiger partial charge in [-0.15, -0.1) is 0 Å². The lowest BCUT2D eigenvalue weighted by Crippen LogP contribution is -2.37. The van der Waals surface area contributed by atoms with Gasteiger partial charge in [-0.3, -0.25) is 9.59 Å². The van der Waals surface area contributed by atoms with Gasteiger partial charge in [0, 0.05) is 12.1 Å². The topological polar surface area (TPSA) is 110 Å². The molecule has 4 N–H and O–H groups in total. The normalized spacial score (nSPS) is 23.1. The number of rotatable bonds is 4. The molecule has 4 rings (SSSR count). The number of hydrogen-bond acceptors (Lipinski definition) is 5. The highest BCUT2D eigenvalue weighted by atomic mass is 16.3. The van der Waals surface area contributed by atoms with Crippen LogP contribution in [0.1, 0.15) is 78.1 Å². The Morgan fingerprint density at radius 1 is 1.27 bits per heavy atom. The van der Waals surface area contributed by atoms with Crippen LogP contribution < -0.4 is 11.1 Å². The van der Waals surface area contributed by atoms with Crippen molar-refractivity contribution in [3.8, 4) is 5.69 Å². The number of aromatic nitrogens is 2. The second-order valence-electron chi connectivity index (χ2n) is 9.46. The fourth-order valence-electron chi connectivity index (χ4n) is 4.83. The van der Waals surface area contributed by atoms with Gasteiger partial charge in [0.05, 0.1) is 40.3 Å². The van der Waals surface area contributed by atoms with Crippen molar-refractivity contribution >= 4 is 17.4 Å². The molecular weight excluding hydrogens is 380 g/mol. The Morgan fingerprint density at radius 2 is 2.00 bits per heavy atom. The van der Waals surface area contributed by atoms with Crippen molar-refractivity contribution < 1.29 is 14.7 Å². The minimum absolute atomic E-state index is 0.124. The van der Waals surface area contributed by atoms with Crippen molar-refractivity contribution in [2.75, 3.05) is 5.32 Å². The number of nitrogens with zero attached hydrogens (tertiary/aromatic N) is 2. The van der Waals surface area contributed by atoms with Crippen LogP contribution in [0.5, 0.6) is 0 Å². The number of nitrogens with two attached hydrogens (primary N) is 1. The van der Waals surface area contributed by atoms with Gasteiger partial charge in [0.15, 0.2) is 5.78 Å². The molecule has 0 spiro atoms. The van der Waals surface area contributed by atoms with E-state index in [1.165, 1.54) is 0 Å². The first-order chi connectivity index (χ1) is 14.2. The third kappa shape index (κ3) is 3.74. The van der Waals surface area contributed by atoms with E-state index in [1.54, 1.807) is 12.1 Å². The van der Waals surface area contributed by atoms with Crippen LogP contribution in [0, 0.1) is 12.3 Å². The highest BCUT2D eigenvalue weighted by molar-refractivity contribution is 6.00. The summed E-state index contributed by atoms with van der Waals surface area (Å²) in [5.41, 5.74) is 9.56. The molecule has 30 heavy (non-hydrogen) atoms. The van der Waals surface area contributed by atoms with Gasteiger partial charge >= 0.3 is 0 Å². The van der Waals surface area contributed by atoms with E-state index in [2.05, 4.69) is 24.3 Å². The van der Waals surface area contributed by atoms with Crippen molar-refractivity contribution in [2.24, 2.45) is 11.1 Å². The molecule has 1 fully saturated rings. The minimum Gasteiger partial charge on any atom is -0.391 e. The molecule has 1 saturated carbocycles. The number of carbonyl (C=O) groups is 2. The number of aliphatic hydroxyl groups excluding tert-OH is 1. The van der Waals surface area contributed by atoms with Gasteiger partial charge in [-0.2, -0.15) is 5.10 Å². The second kappa shape index (κ2) is 7.54. The number of amides is 1. The van der Waals surface area contributed by atoms with E-state index in [0.717, 1.165) is 49.2 Å². The molecule has 7 heteroatoms. The second-order valence-corrected chi connectivity index (χ2v) is 9.46. The molecule has 0 aliphatic heterocycles. The number of anilines is 1. The molecule has 160 valence electrons. The van der Waals surface area contributed by atoms with E-state index in [4.69, 9.17) is 5.73 Å². The van der Waals surface area contributed by atoms with Crippen LogP contribution in [0.15, 0.2) is 18.2 Å². The van der Waals surface area contributed by atoms with Crippen molar-refractivity contribution in [1.82, 2.24) is 9.78 Å². The Bertz CT molecular complexity index is 1010. The molecule has 1 heterocycles. The summed E-state index contributed by atoms with van der Waals surface area (Å²) >= 11 is 0. The zero-order valence-corrected chi connectivity index (χ0v) is 17.9. The molecule has 0 bridgehead atoms. The average molecular weight is 411 g/mol. The van der Waals surface area contributed by atoms with Gasteiger partial charge in [-0.1, -0.05) is 26.7 Å². The number of Topliss-reactive ketones (excluding diaryl/α,β-unsaturated/α-hetero) is 1. The summed E-state index contributed by atoms with van der Waals surface area (Å²) in [4.78, 5) is 24.7. The van der Waals surface area contributed by atoms with Gasteiger partial charge in [0.2, 0.25) is 0 Å². The molecule has 1 aromatic carbocycles. The zero-order chi connectivity index (χ0) is 21.6. The summed E-state index contributed by atoms with van der Waals surface area (Å²) in [7, 11) is 0. The lowest BCUT2D eigenvalue weighted by atomic mass is 9.75. The van der Waals surface area contributed by atoms with E-state index >= 15 is 0 Å². The average Bonchev–Trinajstić information content (AvgIpc) is 2.98. The summed E-state index contributed by atoms with van der Waals surface area (Å²) in [6.07, 6.45) is 4.42. The fourth-order valence-corrected chi connectivity index (χ4v) is 4.83. The van der Waals surface area contributed by atoms with E-state index < -0.39 is 12.0 Å². The Labute approximate surface area is 176 Å². The molecule has 0 radical (unpaired) electrons. The number of benzene rings is 1. The lowest BCUT2D eigenvalue weighted by Gasteiger charge is -2.30. The number of fused-ring (bicyclic) bond motifs is 1. The van der Waals surface area contributed by atoms with Crippen LogP contribution in [0.2, 0.25) is 0 Å². The molecule has 2 aliphatic carbocycles. The summed E-state index contributed by atoms with van der Waals surface area (Å²) in [6, 6.07) is 5.22. The standard InChI is InChI=1S/C23H30N4O3/c1-13-21-18(11-23(2,3)12-20(21)29)27(26-13)14-8-9-15(22(24)30)17(10-14)25-16-6-4-5-7-19(16)28/h8-10,16,19,25,28H,4-7,11-12H2,1-3H3,(H2,24,30)/t16-,19-/m0/s1. The number of primary amides is 1. The first-order valence-electron chi connectivity index (χ1n) is 10.7. The first-order valence-corrected chi connectivity index (χ1v) is 10.7. The smallest absolute Gasteiger partial charge is 0.250 e. The number of hydrogen-bond donors (Lipinski definition) is 3. The molecule has 0 unspecified atom stereocenters. The Balaban J connectivity index is 1.77. The molecule has 7 nitrogen and oxygen atoms in total. The highest BCUT2D eigenvalue weighted by Crippen LogP contribution is 2.37. The third-order valence-electron chi connectivity index (χ3n) is 6.30. The number of aliphatic hydroxyl groups is 1. The predicted octanol–water partition coefficient (Wildman–Crippen LogP) is 3.15. The summed E-state index contributed by atoms with van der Waals surface area (Å²) in [5, 5.41) is 18.4. The van der Waals surface area contributed by atoms with Crippen molar-refractivity contribution in [3.05, 3.63) is 40.7 Å². The van der Waals surface area contributed by atoms with Crippen molar-refractivity contribution in [2.45, 2.75) is 71.4 Å². The van der Waals surface area contributed by atoms with E-state index in [1.807, 2.05) is 17.7 Å². The van der Waals surface area contributed by atoms with E-state index in [0.29, 0.717) is 23.2 Å². The van der Waals surface area contributed by atoms with Crippen LogP contribution in [-0.4, -0.2) is 38.7 Å². The fraction of sp³-hybridized carbons (Fsp3) is 0.522. The molecule has 0 saturated heterocycles. The molecule has 2 aromatic rings. The van der Waals surface area contributed by atoms with Gasteiger partial charge in [-0.05, 0) is 49.8 Å². The van der Waals surface area contributed by atoms with Crippen molar-refractivity contribution in [3.63, 3.8) is 0 Å². The Hall–Kier alpha value is -2.67. The van der Waals surface area contributed by atoms with Crippen LogP contribution in [0.4, 0.5) is 5.69 Å². The third-order valence-corrected chi connectivity index (χ3v) is 6.30. The number of carbonyl (C=O) groups excluding carboxylic acids is 2. The summed E-state index contributed by atoms with van der Waals surface area (Å²) in [6.45, 7) is 6.04. The van der Waals surface area contributed by atoms with Gasteiger partial charge < -0.3 is 16.2 Å².